The minimum Gasteiger partial charge on any atom is -0.444 e. The SMILES string of the molecule is CC(C)C(=O)NCCNC1CCC(NC(=O)OC(C)(C)C)CC1. The van der Waals surface area contributed by atoms with Crippen LogP contribution in [-0.2, 0) is 9.53 Å². The lowest BCUT2D eigenvalue weighted by Crippen LogP contribution is -2.45. The van der Waals surface area contributed by atoms with Gasteiger partial charge < -0.3 is 20.7 Å². The van der Waals surface area contributed by atoms with E-state index < -0.39 is 5.60 Å². The van der Waals surface area contributed by atoms with Crippen LogP contribution in [0.4, 0.5) is 4.79 Å². The highest BCUT2D eigenvalue weighted by Crippen LogP contribution is 2.19. The first-order valence-corrected chi connectivity index (χ1v) is 8.68. The summed E-state index contributed by atoms with van der Waals surface area (Å²) in [4.78, 5) is 23.2. The van der Waals surface area contributed by atoms with E-state index in [1.165, 1.54) is 0 Å². The normalized spacial score (nSPS) is 21.8. The number of hydrogen-bond donors (Lipinski definition) is 3. The molecule has 1 saturated carbocycles. The molecule has 1 rings (SSSR count). The predicted molar refractivity (Wildman–Crippen MR) is 91.3 cm³/mol. The third-order valence-corrected chi connectivity index (χ3v) is 3.83. The van der Waals surface area contributed by atoms with Gasteiger partial charge in [-0.25, -0.2) is 4.79 Å². The number of alkyl carbamates (subject to hydrolysis) is 1. The number of rotatable bonds is 6. The van der Waals surface area contributed by atoms with Crippen molar-refractivity contribution < 1.29 is 14.3 Å². The standard InChI is InChI=1S/C17H33N3O3/c1-12(2)15(21)19-11-10-18-13-6-8-14(9-7-13)20-16(22)23-17(3,4)5/h12-14,18H,6-11H2,1-5H3,(H,19,21)(H,20,22). The molecule has 0 aromatic rings. The Labute approximate surface area is 140 Å². The van der Waals surface area contributed by atoms with Crippen LogP contribution in [0.25, 0.3) is 0 Å². The molecule has 0 atom stereocenters. The number of amides is 2. The zero-order chi connectivity index (χ0) is 17.5. The van der Waals surface area contributed by atoms with Crippen LogP contribution < -0.4 is 16.0 Å². The van der Waals surface area contributed by atoms with Gasteiger partial charge >= 0.3 is 6.09 Å². The van der Waals surface area contributed by atoms with Crippen LogP contribution in [0.3, 0.4) is 0 Å². The Bertz CT molecular complexity index is 383. The Morgan fingerprint density at radius 1 is 1.04 bits per heavy atom. The van der Waals surface area contributed by atoms with Crippen molar-refractivity contribution in [3.05, 3.63) is 0 Å². The van der Waals surface area contributed by atoms with Gasteiger partial charge in [0.15, 0.2) is 0 Å². The van der Waals surface area contributed by atoms with Gasteiger partial charge in [0, 0.05) is 31.1 Å². The van der Waals surface area contributed by atoms with Crippen molar-refractivity contribution in [2.45, 2.75) is 78.0 Å². The Balaban J connectivity index is 2.13. The van der Waals surface area contributed by atoms with E-state index in [0.717, 1.165) is 32.2 Å². The minimum atomic E-state index is -0.455. The average Bonchev–Trinajstić information content (AvgIpc) is 2.42. The Kier molecular flexibility index (Phi) is 7.82. The van der Waals surface area contributed by atoms with E-state index in [9.17, 15) is 9.59 Å². The number of nitrogens with one attached hydrogen (secondary N) is 3. The summed E-state index contributed by atoms with van der Waals surface area (Å²) in [5.41, 5.74) is -0.455. The highest BCUT2D eigenvalue weighted by atomic mass is 16.6. The zero-order valence-corrected chi connectivity index (χ0v) is 15.2. The average molecular weight is 327 g/mol. The summed E-state index contributed by atoms with van der Waals surface area (Å²) in [7, 11) is 0. The lowest BCUT2D eigenvalue weighted by Gasteiger charge is -2.30. The number of carbonyl (C=O) groups is 2. The summed E-state index contributed by atoms with van der Waals surface area (Å²) in [6.45, 7) is 10.8. The zero-order valence-electron chi connectivity index (χ0n) is 15.2. The molecule has 0 aliphatic heterocycles. The van der Waals surface area contributed by atoms with E-state index in [1.807, 2.05) is 34.6 Å². The van der Waals surface area contributed by atoms with Gasteiger partial charge in [-0.3, -0.25) is 4.79 Å². The third kappa shape index (κ3) is 8.79. The van der Waals surface area contributed by atoms with Crippen molar-refractivity contribution in [1.82, 2.24) is 16.0 Å². The molecule has 1 fully saturated rings. The second-order valence-electron chi connectivity index (χ2n) is 7.59. The first-order chi connectivity index (χ1) is 10.7. The first kappa shape index (κ1) is 19.7. The molecule has 134 valence electrons. The quantitative estimate of drug-likeness (QED) is 0.653. The predicted octanol–water partition coefficient (Wildman–Crippen LogP) is 2.18. The largest absolute Gasteiger partial charge is 0.444 e. The van der Waals surface area contributed by atoms with Crippen molar-refractivity contribution in [2.75, 3.05) is 13.1 Å². The fraction of sp³-hybridized carbons (Fsp3) is 0.882. The molecule has 0 spiro atoms. The van der Waals surface area contributed by atoms with Crippen molar-refractivity contribution >= 4 is 12.0 Å². The fourth-order valence-electron chi connectivity index (χ4n) is 2.58. The van der Waals surface area contributed by atoms with Crippen LogP contribution in [-0.4, -0.2) is 42.8 Å². The molecule has 0 aromatic carbocycles. The Hall–Kier alpha value is -1.30. The van der Waals surface area contributed by atoms with E-state index in [2.05, 4.69) is 16.0 Å². The monoisotopic (exact) mass is 327 g/mol. The van der Waals surface area contributed by atoms with Crippen LogP contribution in [0, 0.1) is 5.92 Å². The molecule has 6 heteroatoms. The molecular weight excluding hydrogens is 294 g/mol. The maximum atomic E-state index is 11.7. The summed E-state index contributed by atoms with van der Waals surface area (Å²) in [6.07, 6.45) is 3.63. The number of hydrogen-bond acceptors (Lipinski definition) is 4. The van der Waals surface area contributed by atoms with Gasteiger partial charge in [-0.1, -0.05) is 13.8 Å². The second kappa shape index (κ2) is 9.11. The van der Waals surface area contributed by atoms with Crippen molar-refractivity contribution in [1.29, 1.82) is 0 Å². The van der Waals surface area contributed by atoms with Gasteiger partial charge in [0.2, 0.25) is 5.91 Å². The number of ether oxygens (including phenoxy) is 1. The van der Waals surface area contributed by atoms with E-state index in [4.69, 9.17) is 4.74 Å². The van der Waals surface area contributed by atoms with Crippen LogP contribution in [0.5, 0.6) is 0 Å². The smallest absolute Gasteiger partial charge is 0.407 e. The molecule has 1 aliphatic carbocycles. The van der Waals surface area contributed by atoms with E-state index in [1.54, 1.807) is 0 Å². The Morgan fingerprint density at radius 2 is 1.61 bits per heavy atom. The van der Waals surface area contributed by atoms with E-state index in [-0.39, 0.29) is 24.0 Å². The summed E-state index contributed by atoms with van der Waals surface area (Å²) in [5, 5.41) is 9.32. The molecule has 23 heavy (non-hydrogen) atoms. The molecule has 0 bridgehead atoms. The molecule has 6 nitrogen and oxygen atoms in total. The molecule has 3 N–H and O–H groups in total. The van der Waals surface area contributed by atoms with Crippen LogP contribution >= 0.6 is 0 Å². The Morgan fingerprint density at radius 3 is 2.13 bits per heavy atom. The van der Waals surface area contributed by atoms with Crippen molar-refractivity contribution in [3.8, 4) is 0 Å². The van der Waals surface area contributed by atoms with Crippen LogP contribution in [0.15, 0.2) is 0 Å². The van der Waals surface area contributed by atoms with Crippen molar-refractivity contribution in [2.24, 2.45) is 5.92 Å². The molecule has 0 unspecified atom stereocenters. The van der Waals surface area contributed by atoms with Gasteiger partial charge in [0.05, 0.1) is 0 Å². The summed E-state index contributed by atoms with van der Waals surface area (Å²) in [5.74, 6) is 0.126. The molecule has 2 amide bonds. The summed E-state index contributed by atoms with van der Waals surface area (Å²) >= 11 is 0. The molecular formula is C17H33N3O3. The van der Waals surface area contributed by atoms with Crippen LogP contribution in [0.1, 0.15) is 60.3 Å². The van der Waals surface area contributed by atoms with Gasteiger partial charge in [0.1, 0.15) is 5.60 Å². The van der Waals surface area contributed by atoms with Gasteiger partial charge in [-0.15, -0.1) is 0 Å². The molecule has 0 saturated heterocycles. The molecule has 1 aliphatic rings. The lowest BCUT2D eigenvalue weighted by molar-refractivity contribution is -0.123. The lowest BCUT2D eigenvalue weighted by atomic mass is 9.91. The molecule has 0 radical (unpaired) electrons. The summed E-state index contributed by atoms with van der Waals surface area (Å²) in [6, 6.07) is 0.659. The molecule has 0 aromatic heterocycles. The van der Waals surface area contributed by atoms with E-state index >= 15 is 0 Å². The maximum Gasteiger partial charge on any atom is 0.407 e. The fourth-order valence-corrected chi connectivity index (χ4v) is 2.58. The summed E-state index contributed by atoms with van der Waals surface area (Å²) < 4.78 is 5.28. The van der Waals surface area contributed by atoms with Gasteiger partial charge in [-0.2, -0.15) is 0 Å². The topological polar surface area (TPSA) is 79.5 Å². The van der Waals surface area contributed by atoms with Gasteiger partial charge in [-0.05, 0) is 46.5 Å². The highest BCUT2D eigenvalue weighted by Gasteiger charge is 2.24. The number of carbonyl (C=O) groups excluding carboxylic acids is 2. The molecule has 0 heterocycles. The third-order valence-electron chi connectivity index (χ3n) is 3.83. The highest BCUT2D eigenvalue weighted by molar-refractivity contribution is 5.77. The first-order valence-electron chi connectivity index (χ1n) is 8.68. The second-order valence-corrected chi connectivity index (χ2v) is 7.59. The van der Waals surface area contributed by atoms with Crippen LogP contribution in [0.2, 0.25) is 0 Å². The van der Waals surface area contributed by atoms with Gasteiger partial charge in [0.25, 0.3) is 0 Å². The minimum absolute atomic E-state index is 0.0318. The van der Waals surface area contributed by atoms with Crippen molar-refractivity contribution in [3.63, 3.8) is 0 Å². The van der Waals surface area contributed by atoms with E-state index in [0.29, 0.717) is 12.6 Å². The maximum absolute atomic E-state index is 11.7.